The molecule has 0 atom stereocenters. The maximum absolute atomic E-state index is 4.57. The molecule has 1 aromatic heterocycles. The number of allylic oxidation sites excluding steroid dienone is 7. The second-order valence-electron chi connectivity index (χ2n) is 5.85. The van der Waals surface area contributed by atoms with Crippen molar-refractivity contribution in [3.63, 3.8) is 0 Å². The Balaban J connectivity index is 1.94. The molecule has 0 fully saturated rings. The Labute approximate surface area is 147 Å². The van der Waals surface area contributed by atoms with E-state index in [1.54, 1.807) is 0 Å². The molecule has 1 aliphatic rings. The number of benzene rings is 1. The normalized spacial score (nSPS) is 19.2. The summed E-state index contributed by atoms with van der Waals surface area (Å²) in [6.45, 7) is 4.10. The second kappa shape index (κ2) is 8.06. The summed E-state index contributed by atoms with van der Waals surface area (Å²) in [5.41, 5.74) is 1.85. The summed E-state index contributed by atoms with van der Waals surface area (Å²) in [7, 11) is 0. The Bertz CT molecular complexity index is 832. The average Bonchev–Trinajstić information content (AvgIpc) is 2.57. The molecule has 25 heavy (non-hydrogen) atoms. The first-order valence-corrected chi connectivity index (χ1v) is 8.27. The number of aromatic nitrogens is 3. The van der Waals surface area contributed by atoms with Crippen molar-refractivity contribution >= 4 is 11.9 Å². The molecule has 2 aromatic rings. The number of nitrogens with one attached hydrogen (secondary N) is 2. The lowest BCUT2D eigenvalue weighted by Crippen LogP contribution is -2.15. The van der Waals surface area contributed by atoms with Gasteiger partial charge in [-0.2, -0.15) is 15.0 Å². The van der Waals surface area contributed by atoms with Crippen LogP contribution >= 0.6 is 0 Å². The molecule has 5 heteroatoms. The number of anilines is 2. The van der Waals surface area contributed by atoms with Crippen LogP contribution in [-0.4, -0.2) is 21.0 Å². The van der Waals surface area contributed by atoms with E-state index >= 15 is 0 Å². The number of hydrogen-bond acceptors (Lipinski definition) is 5. The lowest BCUT2D eigenvalue weighted by molar-refractivity contribution is 0.869. The molecule has 1 aromatic carbocycles. The molecule has 3 rings (SSSR count). The van der Waals surface area contributed by atoms with Gasteiger partial charge >= 0.3 is 0 Å². The molecule has 0 spiro atoms. The maximum atomic E-state index is 4.57. The van der Waals surface area contributed by atoms with Crippen molar-refractivity contribution in [1.29, 1.82) is 0 Å². The zero-order valence-electron chi connectivity index (χ0n) is 14.3. The SMILES string of the molecule is CC(C)Nc1nc(NC2=C/C=C\C=C/C=C\2)nc(-c2ccccc2)n1. The van der Waals surface area contributed by atoms with Gasteiger partial charge in [-0.05, 0) is 26.0 Å². The van der Waals surface area contributed by atoms with E-state index in [2.05, 4.69) is 39.4 Å². The summed E-state index contributed by atoms with van der Waals surface area (Å²) in [6, 6.07) is 10.1. The zero-order valence-corrected chi connectivity index (χ0v) is 14.3. The van der Waals surface area contributed by atoms with Gasteiger partial charge in [0.05, 0.1) is 0 Å². The minimum atomic E-state index is 0.229. The molecule has 0 amide bonds. The lowest BCUT2D eigenvalue weighted by Gasteiger charge is -2.12. The van der Waals surface area contributed by atoms with Crippen LogP contribution in [-0.2, 0) is 0 Å². The molecule has 0 saturated carbocycles. The summed E-state index contributed by atoms with van der Waals surface area (Å²) < 4.78 is 0. The molecular weight excluding hydrogens is 310 g/mol. The van der Waals surface area contributed by atoms with Gasteiger partial charge in [0, 0.05) is 17.3 Å². The summed E-state index contributed by atoms with van der Waals surface area (Å²) in [5.74, 6) is 1.69. The first-order chi connectivity index (χ1) is 12.2. The van der Waals surface area contributed by atoms with Crippen LogP contribution < -0.4 is 10.6 Å². The van der Waals surface area contributed by atoms with Crippen molar-refractivity contribution in [3.8, 4) is 11.4 Å². The van der Waals surface area contributed by atoms with E-state index in [0.717, 1.165) is 11.3 Å². The predicted molar refractivity (Wildman–Crippen MR) is 103 cm³/mol. The highest BCUT2D eigenvalue weighted by molar-refractivity contribution is 5.59. The van der Waals surface area contributed by atoms with Crippen LogP contribution in [0.1, 0.15) is 13.8 Å². The van der Waals surface area contributed by atoms with Gasteiger partial charge in [-0.1, -0.05) is 60.7 Å². The molecule has 0 bridgehead atoms. The van der Waals surface area contributed by atoms with Gasteiger partial charge in [-0.15, -0.1) is 0 Å². The molecule has 5 nitrogen and oxygen atoms in total. The Hall–Kier alpha value is -3.21. The lowest BCUT2D eigenvalue weighted by atomic mass is 10.2. The van der Waals surface area contributed by atoms with E-state index in [4.69, 9.17) is 0 Å². The van der Waals surface area contributed by atoms with Crippen molar-refractivity contribution in [2.75, 3.05) is 10.6 Å². The molecule has 0 unspecified atom stereocenters. The van der Waals surface area contributed by atoms with Gasteiger partial charge < -0.3 is 10.6 Å². The number of hydrogen-bond donors (Lipinski definition) is 2. The monoisotopic (exact) mass is 331 g/mol. The van der Waals surface area contributed by atoms with Crippen molar-refractivity contribution < 1.29 is 0 Å². The molecule has 1 heterocycles. The van der Waals surface area contributed by atoms with Crippen LogP contribution in [0.2, 0.25) is 0 Å². The molecular formula is C20H21N5. The van der Waals surface area contributed by atoms with Gasteiger partial charge in [-0.3, -0.25) is 0 Å². The van der Waals surface area contributed by atoms with Crippen LogP contribution in [0.15, 0.2) is 78.6 Å². The molecule has 2 N–H and O–H groups in total. The molecule has 1 aliphatic carbocycles. The first kappa shape index (κ1) is 16.6. The van der Waals surface area contributed by atoms with E-state index in [1.807, 2.05) is 72.9 Å². The van der Waals surface area contributed by atoms with Crippen molar-refractivity contribution in [3.05, 3.63) is 78.6 Å². The van der Waals surface area contributed by atoms with E-state index < -0.39 is 0 Å². The Morgan fingerprint density at radius 3 is 2.32 bits per heavy atom. The fraction of sp³-hybridized carbons (Fsp3) is 0.150. The minimum Gasteiger partial charge on any atom is -0.352 e. The summed E-state index contributed by atoms with van der Waals surface area (Å²) in [5, 5.41) is 6.51. The van der Waals surface area contributed by atoms with E-state index in [1.165, 1.54) is 0 Å². The second-order valence-corrected chi connectivity index (χ2v) is 5.85. The third-order valence-corrected chi connectivity index (χ3v) is 3.34. The van der Waals surface area contributed by atoms with E-state index in [-0.39, 0.29) is 6.04 Å². The van der Waals surface area contributed by atoms with Gasteiger partial charge in [0.25, 0.3) is 0 Å². The predicted octanol–water partition coefficient (Wildman–Crippen LogP) is 4.34. The Morgan fingerprint density at radius 1 is 0.800 bits per heavy atom. The highest BCUT2D eigenvalue weighted by Crippen LogP contribution is 2.19. The highest BCUT2D eigenvalue weighted by atomic mass is 15.2. The largest absolute Gasteiger partial charge is 0.352 e. The van der Waals surface area contributed by atoms with E-state index in [0.29, 0.717) is 17.7 Å². The van der Waals surface area contributed by atoms with Gasteiger partial charge in [0.1, 0.15) is 0 Å². The summed E-state index contributed by atoms with van der Waals surface area (Å²) in [6.07, 6.45) is 13.8. The third-order valence-electron chi connectivity index (χ3n) is 3.34. The quantitative estimate of drug-likeness (QED) is 0.853. The van der Waals surface area contributed by atoms with E-state index in [9.17, 15) is 0 Å². The smallest absolute Gasteiger partial charge is 0.232 e. The molecule has 0 saturated heterocycles. The maximum Gasteiger partial charge on any atom is 0.232 e. The van der Waals surface area contributed by atoms with Crippen molar-refractivity contribution in [2.45, 2.75) is 19.9 Å². The average molecular weight is 331 g/mol. The Kier molecular flexibility index (Phi) is 5.36. The van der Waals surface area contributed by atoms with Gasteiger partial charge in [-0.25, -0.2) is 0 Å². The minimum absolute atomic E-state index is 0.229. The summed E-state index contributed by atoms with van der Waals surface area (Å²) in [4.78, 5) is 13.6. The van der Waals surface area contributed by atoms with Crippen LogP contribution in [0, 0.1) is 0 Å². The van der Waals surface area contributed by atoms with Crippen molar-refractivity contribution in [2.24, 2.45) is 0 Å². The van der Waals surface area contributed by atoms with Crippen LogP contribution in [0.3, 0.4) is 0 Å². The van der Waals surface area contributed by atoms with Crippen LogP contribution in [0.4, 0.5) is 11.9 Å². The fourth-order valence-corrected chi connectivity index (χ4v) is 2.25. The van der Waals surface area contributed by atoms with Crippen molar-refractivity contribution in [1.82, 2.24) is 15.0 Å². The standard InChI is InChI=1S/C20H21N5/c1-15(2)21-19-23-18(16-11-7-6-8-12-16)24-20(25-19)22-17-13-9-4-3-5-10-14-17/h3-15H,1-2H3,(H2,21,22,23,24,25)/b4-3-,5-3?,9-4?,10-5-,13-9-,14-10?,17-13?,17-14+. The molecule has 126 valence electrons. The molecule has 0 radical (unpaired) electrons. The van der Waals surface area contributed by atoms with Crippen LogP contribution in [0.25, 0.3) is 11.4 Å². The molecule has 0 aliphatic heterocycles. The highest BCUT2D eigenvalue weighted by Gasteiger charge is 2.09. The number of rotatable bonds is 5. The topological polar surface area (TPSA) is 62.7 Å². The van der Waals surface area contributed by atoms with Crippen LogP contribution in [0.5, 0.6) is 0 Å². The fourth-order valence-electron chi connectivity index (χ4n) is 2.25. The zero-order chi connectivity index (χ0) is 17.5. The first-order valence-electron chi connectivity index (χ1n) is 8.27. The number of nitrogens with zero attached hydrogens (tertiary/aromatic N) is 3. The van der Waals surface area contributed by atoms with Gasteiger partial charge in [0.2, 0.25) is 11.9 Å². The third kappa shape index (κ3) is 4.88. The summed E-state index contributed by atoms with van der Waals surface area (Å²) >= 11 is 0. The van der Waals surface area contributed by atoms with Gasteiger partial charge in [0.15, 0.2) is 5.82 Å². The Morgan fingerprint density at radius 2 is 1.52 bits per heavy atom.